The lowest BCUT2D eigenvalue weighted by Crippen LogP contribution is -2.36. The van der Waals surface area contributed by atoms with Gasteiger partial charge in [-0.2, -0.15) is 5.10 Å². The summed E-state index contributed by atoms with van der Waals surface area (Å²) >= 11 is 6.65. The van der Waals surface area contributed by atoms with Gasteiger partial charge in [0.05, 0.1) is 26.0 Å². The van der Waals surface area contributed by atoms with Crippen molar-refractivity contribution in [1.82, 2.24) is 25.1 Å². The third-order valence-corrected chi connectivity index (χ3v) is 5.51. The molecule has 0 atom stereocenters. The molecule has 0 spiro atoms. The molecule has 1 aliphatic heterocycles. The number of aromatic nitrogens is 5. The van der Waals surface area contributed by atoms with Crippen molar-refractivity contribution in [3.8, 4) is 28.4 Å². The first-order valence-electron chi connectivity index (χ1n) is 9.57. The van der Waals surface area contributed by atoms with E-state index in [1.807, 2.05) is 18.2 Å². The Hall–Kier alpha value is -3.23. The van der Waals surface area contributed by atoms with E-state index in [2.05, 4.69) is 31.1 Å². The molecule has 0 radical (unpaired) electrons. The van der Waals surface area contributed by atoms with Crippen molar-refractivity contribution in [1.29, 1.82) is 0 Å². The maximum absolute atomic E-state index is 6.65. The highest BCUT2D eigenvalue weighted by Crippen LogP contribution is 2.40. The van der Waals surface area contributed by atoms with Gasteiger partial charge in [-0.3, -0.25) is 10.1 Å². The summed E-state index contributed by atoms with van der Waals surface area (Å²) in [4.78, 5) is 16.0. The number of rotatable bonds is 4. The third-order valence-electron chi connectivity index (χ3n) is 5.15. The van der Waals surface area contributed by atoms with Gasteiger partial charge in [-0.25, -0.2) is 9.97 Å². The summed E-state index contributed by atoms with van der Waals surface area (Å²) in [6.45, 7) is 2.87. The summed E-state index contributed by atoms with van der Waals surface area (Å²) in [7, 11) is 1.56. The first-order valence-corrected chi connectivity index (χ1v) is 9.95. The number of fused-ring (bicyclic) bond motifs is 1. The Bertz CT molecular complexity index is 1190. The van der Waals surface area contributed by atoms with Crippen LogP contribution in [0.2, 0.25) is 5.02 Å². The van der Waals surface area contributed by atoms with Crippen LogP contribution >= 0.6 is 11.6 Å². The average molecular weight is 423 g/mol. The highest BCUT2D eigenvalue weighted by atomic mass is 35.5. The van der Waals surface area contributed by atoms with E-state index in [9.17, 15) is 0 Å². The van der Waals surface area contributed by atoms with Gasteiger partial charge in [-0.05, 0) is 29.8 Å². The van der Waals surface area contributed by atoms with Crippen LogP contribution in [0, 0.1) is 0 Å². The molecule has 30 heavy (non-hydrogen) atoms. The zero-order valence-corrected chi connectivity index (χ0v) is 17.1. The van der Waals surface area contributed by atoms with E-state index in [1.54, 1.807) is 25.7 Å². The van der Waals surface area contributed by atoms with E-state index in [4.69, 9.17) is 26.1 Å². The molecule has 152 valence electrons. The summed E-state index contributed by atoms with van der Waals surface area (Å²) in [6.07, 6.45) is 5.16. The molecule has 1 aliphatic rings. The first-order chi connectivity index (χ1) is 14.8. The van der Waals surface area contributed by atoms with E-state index in [0.717, 1.165) is 52.3 Å². The van der Waals surface area contributed by atoms with E-state index in [-0.39, 0.29) is 0 Å². The third kappa shape index (κ3) is 3.24. The molecule has 0 aliphatic carbocycles. The minimum Gasteiger partial charge on any atom is -0.480 e. The predicted octanol–water partition coefficient (Wildman–Crippen LogP) is 3.58. The quantitative estimate of drug-likeness (QED) is 0.537. The number of aromatic amines is 1. The van der Waals surface area contributed by atoms with E-state index in [1.165, 1.54) is 0 Å². The zero-order chi connectivity index (χ0) is 20.5. The molecule has 0 aromatic carbocycles. The molecule has 0 unspecified atom stereocenters. The summed E-state index contributed by atoms with van der Waals surface area (Å²) in [5, 5.41) is 8.45. The van der Waals surface area contributed by atoms with Gasteiger partial charge in [0.1, 0.15) is 22.1 Å². The molecule has 9 heteroatoms. The van der Waals surface area contributed by atoms with E-state index < -0.39 is 0 Å². The highest BCUT2D eigenvalue weighted by Gasteiger charge is 2.20. The van der Waals surface area contributed by atoms with E-state index >= 15 is 0 Å². The molecular formula is C21H19ClN6O2. The second-order valence-electron chi connectivity index (χ2n) is 6.84. The van der Waals surface area contributed by atoms with Crippen molar-refractivity contribution in [2.75, 3.05) is 38.3 Å². The Kier molecular flexibility index (Phi) is 4.94. The lowest BCUT2D eigenvalue weighted by molar-refractivity contribution is 0.122. The molecule has 5 rings (SSSR count). The molecule has 0 bridgehead atoms. The Labute approximate surface area is 177 Å². The standard InChI is InChI=1S/C21H19ClN6O2/c1-29-21-18(22)13(2-6-24-21)15-12-17(28-8-10-30-11-9-28)26-19-14(15)3-5-23-20(19)16-4-7-25-27-16/h2-7,12H,8-11H2,1H3,(H,25,27). The van der Waals surface area contributed by atoms with Crippen LogP contribution in [0.5, 0.6) is 5.88 Å². The van der Waals surface area contributed by atoms with Crippen molar-refractivity contribution in [2.24, 2.45) is 0 Å². The van der Waals surface area contributed by atoms with Gasteiger partial charge in [-0.1, -0.05) is 11.6 Å². The maximum Gasteiger partial charge on any atom is 0.232 e. The average Bonchev–Trinajstić information content (AvgIpc) is 3.33. The van der Waals surface area contributed by atoms with Gasteiger partial charge in [0.2, 0.25) is 5.88 Å². The Morgan fingerprint density at radius 3 is 2.67 bits per heavy atom. The number of methoxy groups -OCH3 is 1. The van der Waals surface area contributed by atoms with Crippen LogP contribution in [-0.2, 0) is 4.74 Å². The number of hydrogen-bond donors (Lipinski definition) is 1. The molecule has 0 saturated carbocycles. The number of nitrogens with one attached hydrogen (secondary N) is 1. The normalized spacial score (nSPS) is 14.3. The van der Waals surface area contributed by atoms with Crippen molar-refractivity contribution in [3.63, 3.8) is 0 Å². The monoisotopic (exact) mass is 422 g/mol. The smallest absolute Gasteiger partial charge is 0.232 e. The van der Waals surface area contributed by atoms with Crippen molar-refractivity contribution in [3.05, 3.63) is 47.9 Å². The SMILES string of the molecule is COc1nccc(-c2cc(N3CCOCC3)nc3c(-c4ccn[nH]4)nccc23)c1Cl. The molecule has 5 heterocycles. The van der Waals surface area contributed by atoms with Crippen LogP contribution in [0.1, 0.15) is 0 Å². The molecular weight excluding hydrogens is 404 g/mol. The molecule has 4 aromatic rings. The van der Waals surface area contributed by atoms with Gasteiger partial charge in [0, 0.05) is 42.6 Å². The van der Waals surface area contributed by atoms with Crippen LogP contribution < -0.4 is 9.64 Å². The number of ether oxygens (including phenoxy) is 2. The largest absolute Gasteiger partial charge is 0.480 e. The van der Waals surface area contributed by atoms with Crippen molar-refractivity contribution >= 4 is 28.3 Å². The maximum atomic E-state index is 6.65. The Morgan fingerprint density at radius 2 is 1.90 bits per heavy atom. The highest BCUT2D eigenvalue weighted by molar-refractivity contribution is 6.35. The van der Waals surface area contributed by atoms with Gasteiger partial charge in [0.25, 0.3) is 0 Å². The number of hydrogen-bond acceptors (Lipinski definition) is 7. The van der Waals surface area contributed by atoms with Crippen molar-refractivity contribution < 1.29 is 9.47 Å². The van der Waals surface area contributed by atoms with E-state index in [0.29, 0.717) is 24.1 Å². The number of pyridine rings is 3. The fraction of sp³-hybridized carbons (Fsp3) is 0.238. The van der Waals surface area contributed by atoms with Crippen LogP contribution in [0.25, 0.3) is 33.4 Å². The minimum atomic E-state index is 0.384. The fourth-order valence-electron chi connectivity index (χ4n) is 3.68. The molecule has 4 aromatic heterocycles. The van der Waals surface area contributed by atoms with Crippen LogP contribution in [0.3, 0.4) is 0 Å². The minimum absolute atomic E-state index is 0.384. The second kappa shape index (κ2) is 7.89. The summed E-state index contributed by atoms with van der Waals surface area (Å²) in [5.74, 6) is 1.23. The molecule has 8 nitrogen and oxygen atoms in total. The van der Waals surface area contributed by atoms with Gasteiger partial charge in [0.15, 0.2) is 0 Å². The number of nitrogens with zero attached hydrogens (tertiary/aromatic N) is 5. The van der Waals surface area contributed by atoms with Gasteiger partial charge < -0.3 is 14.4 Å². The number of halogens is 1. The van der Waals surface area contributed by atoms with Crippen LogP contribution in [-0.4, -0.2) is 58.6 Å². The summed E-state index contributed by atoms with van der Waals surface area (Å²) in [6, 6.07) is 7.78. The number of morpholine rings is 1. The second-order valence-corrected chi connectivity index (χ2v) is 7.21. The first kappa shape index (κ1) is 18.8. The Balaban J connectivity index is 1.80. The van der Waals surface area contributed by atoms with Crippen molar-refractivity contribution in [2.45, 2.75) is 0 Å². The molecule has 1 saturated heterocycles. The summed E-state index contributed by atoms with van der Waals surface area (Å²) in [5.41, 5.74) is 4.07. The lowest BCUT2D eigenvalue weighted by atomic mass is 10.0. The topological polar surface area (TPSA) is 89.0 Å². The van der Waals surface area contributed by atoms with Gasteiger partial charge >= 0.3 is 0 Å². The van der Waals surface area contributed by atoms with Crippen LogP contribution in [0.4, 0.5) is 5.82 Å². The fourth-order valence-corrected chi connectivity index (χ4v) is 3.97. The molecule has 1 fully saturated rings. The number of H-pyrrole nitrogens is 1. The summed E-state index contributed by atoms with van der Waals surface area (Å²) < 4.78 is 10.9. The lowest BCUT2D eigenvalue weighted by Gasteiger charge is -2.28. The molecule has 0 amide bonds. The van der Waals surface area contributed by atoms with Gasteiger partial charge in [-0.15, -0.1) is 0 Å². The Morgan fingerprint density at radius 1 is 1.07 bits per heavy atom. The zero-order valence-electron chi connectivity index (χ0n) is 16.3. The predicted molar refractivity (Wildman–Crippen MR) is 115 cm³/mol. The molecule has 1 N–H and O–H groups in total. The number of anilines is 1. The van der Waals surface area contributed by atoms with Crippen LogP contribution in [0.15, 0.2) is 42.9 Å².